The van der Waals surface area contributed by atoms with Gasteiger partial charge in [-0.05, 0) is 12.1 Å². The van der Waals surface area contributed by atoms with Crippen molar-refractivity contribution in [3.63, 3.8) is 0 Å². The summed E-state index contributed by atoms with van der Waals surface area (Å²) in [6.45, 7) is 2.93. The Labute approximate surface area is 147 Å². The minimum Gasteiger partial charge on any atom is -0.360 e. The Morgan fingerprint density at radius 2 is 2.17 bits per heavy atom. The van der Waals surface area contributed by atoms with E-state index in [4.69, 9.17) is 4.52 Å². The van der Waals surface area contributed by atoms with Gasteiger partial charge in [0.15, 0.2) is 11.0 Å². The molecule has 0 radical (unpaired) electrons. The van der Waals surface area contributed by atoms with Crippen LogP contribution in [0.1, 0.15) is 11.7 Å². The molecule has 7 nitrogen and oxygen atoms in total. The van der Waals surface area contributed by atoms with Crippen molar-refractivity contribution >= 4 is 44.4 Å². The van der Waals surface area contributed by atoms with Crippen LogP contribution in [-0.4, -0.2) is 39.9 Å². The predicted octanol–water partition coefficient (Wildman–Crippen LogP) is 2.45. The molecule has 0 spiro atoms. The molecule has 3 aromatic rings. The molecule has 1 aromatic carbocycles. The normalized spacial score (nSPS) is 10.9. The summed E-state index contributed by atoms with van der Waals surface area (Å²) in [6.07, 6.45) is 0. The van der Waals surface area contributed by atoms with Gasteiger partial charge in [-0.2, -0.15) is 4.98 Å². The highest BCUT2D eigenvalue weighted by molar-refractivity contribution is 7.99. The lowest BCUT2D eigenvalue weighted by Crippen LogP contribution is -2.30. The lowest BCUT2D eigenvalue weighted by atomic mass is 10.3. The molecular formula is C15H17N5O2S2. The summed E-state index contributed by atoms with van der Waals surface area (Å²) in [5, 5.41) is 10.7. The van der Waals surface area contributed by atoms with E-state index in [1.165, 1.54) is 11.8 Å². The molecule has 2 N–H and O–H groups in total. The second-order valence-corrected chi connectivity index (χ2v) is 7.00. The Kier molecular flexibility index (Phi) is 5.65. The van der Waals surface area contributed by atoms with E-state index in [0.717, 1.165) is 15.3 Å². The monoisotopic (exact) mass is 363 g/mol. The molecule has 0 bridgehead atoms. The van der Waals surface area contributed by atoms with Crippen LogP contribution < -0.4 is 10.6 Å². The van der Waals surface area contributed by atoms with Gasteiger partial charge in [-0.3, -0.25) is 4.79 Å². The van der Waals surface area contributed by atoms with Crippen LogP contribution in [0.2, 0.25) is 0 Å². The highest BCUT2D eigenvalue weighted by atomic mass is 32.2. The highest BCUT2D eigenvalue weighted by Crippen LogP contribution is 2.24. The molecule has 0 aliphatic rings. The van der Waals surface area contributed by atoms with Crippen molar-refractivity contribution in [2.24, 2.45) is 0 Å². The van der Waals surface area contributed by atoms with Gasteiger partial charge in [-0.25, -0.2) is 4.98 Å². The smallest absolute Gasteiger partial charge is 0.230 e. The quantitative estimate of drug-likeness (QED) is 0.594. The van der Waals surface area contributed by atoms with Crippen LogP contribution in [0.25, 0.3) is 10.2 Å². The highest BCUT2D eigenvalue weighted by Gasteiger charge is 2.06. The van der Waals surface area contributed by atoms with Crippen molar-refractivity contribution < 1.29 is 9.32 Å². The number of carbonyl (C=O) groups is 1. The number of nitrogens with zero attached hydrogens (tertiary/aromatic N) is 3. The zero-order valence-electron chi connectivity index (χ0n) is 13.1. The van der Waals surface area contributed by atoms with Crippen LogP contribution >= 0.6 is 23.1 Å². The van der Waals surface area contributed by atoms with Crippen molar-refractivity contribution in [2.45, 2.75) is 12.7 Å². The number of para-hydroxylation sites is 1. The average molecular weight is 363 g/mol. The Balaban J connectivity index is 1.31. The van der Waals surface area contributed by atoms with Gasteiger partial charge in [0.05, 0.1) is 21.7 Å². The molecule has 2 heterocycles. The average Bonchev–Trinajstić information content (AvgIpc) is 3.17. The van der Waals surface area contributed by atoms with E-state index < -0.39 is 0 Å². The first-order valence-electron chi connectivity index (χ1n) is 7.44. The zero-order chi connectivity index (χ0) is 16.8. The second-order valence-electron chi connectivity index (χ2n) is 4.99. The molecule has 0 aliphatic carbocycles. The molecule has 0 saturated heterocycles. The van der Waals surface area contributed by atoms with Gasteiger partial charge in [0.2, 0.25) is 11.8 Å². The van der Waals surface area contributed by atoms with Gasteiger partial charge in [0.1, 0.15) is 0 Å². The summed E-state index contributed by atoms with van der Waals surface area (Å²) in [6, 6.07) is 8.00. The lowest BCUT2D eigenvalue weighted by molar-refractivity contribution is -0.118. The fourth-order valence-corrected chi connectivity index (χ4v) is 3.59. The van der Waals surface area contributed by atoms with Crippen molar-refractivity contribution in [1.29, 1.82) is 0 Å². The van der Waals surface area contributed by atoms with Gasteiger partial charge < -0.3 is 15.2 Å². The first-order chi connectivity index (χ1) is 11.7. The minimum absolute atomic E-state index is 0.00804. The van der Waals surface area contributed by atoms with E-state index in [2.05, 4.69) is 25.8 Å². The van der Waals surface area contributed by atoms with E-state index >= 15 is 0 Å². The first-order valence-corrected chi connectivity index (χ1v) is 9.41. The van der Waals surface area contributed by atoms with Gasteiger partial charge >= 0.3 is 0 Å². The van der Waals surface area contributed by atoms with Gasteiger partial charge in [0.25, 0.3) is 0 Å². The number of fused-ring (bicyclic) bond motifs is 1. The number of thioether (sulfide) groups is 1. The first kappa shape index (κ1) is 16.7. The Bertz CT molecular complexity index is 784. The molecule has 0 fully saturated rings. The number of hydrogen-bond donors (Lipinski definition) is 2. The summed E-state index contributed by atoms with van der Waals surface area (Å²) in [4.78, 5) is 20.3. The number of anilines is 1. The lowest BCUT2D eigenvalue weighted by Gasteiger charge is -2.05. The topological polar surface area (TPSA) is 92.9 Å². The van der Waals surface area contributed by atoms with Crippen LogP contribution in [-0.2, 0) is 10.5 Å². The minimum atomic E-state index is -0.00804. The third-order valence-corrected chi connectivity index (χ3v) is 4.97. The Hall–Kier alpha value is -2.13. The Morgan fingerprint density at radius 1 is 1.29 bits per heavy atom. The Morgan fingerprint density at radius 3 is 2.96 bits per heavy atom. The number of aromatic nitrogens is 3. The third-order valence-electron chi connectivity index (χ3n) is 3.05. The molecule has 3 rings (SSSR count). The van der Waals surface area contributed by atoms with Crippen molar-refractivity contribution in [1.82, 2.24) is 20.4 Å². The standard InChI is InChI=1S/C15H17N5O2S2/c1-10-18-13(20-22-10)8-23-9-14(21)16-6-7-17-15-19-11-4-2-3-5-12(11)24-15/h2-5H,6-9H2,1H3,(H,16,21)(H,17,19). The number of thiazole rings is 1. The van der Waals surface area contributed by atoms with Gasteiger partial charge in [-0.1, -0.05) is 28.6 Å². The van der Waals surface area contributed by atoms with E-state index in [0.29, 0.717) is 36.3 Å². The number of amides is 1. The predicted molar refractivity (Wildman–Crippen MR) is 96.3 cm³/mol. The number of aryl methyl sites for hydroxylation is 1. The number of benzene rings is 1. The van der Waals surface area contributed by atoms with Gasteiger partial charge in [-0.15, -0.1) is 11.8 Å². The van der Waals surface area contributed by atoms with E-state index in [1.807, 2.05) is 24.3 Å². The van der Waals surface area contributed by atoms with Crippen LogP contribution in [0.15, 0.2) is 28.8 Å². The van der Waals surface area contributed by atoms with Crippen molar-refractivity contribution in [2.75, 3.05) is 24.2 Å². The molecule has 2 aromatic heterocycles. The molecular weight excluding hydrogens is 346 g/mol. The van der Waals surface area contributed by atoms with Gasteiger partial charge in [0, 0.05) is 20.0 Å². The summed E-state index contributed by atoms with van der Waals surface area (Å²) in [5.41, 5.74) is 0.988. The van der Waals surface area contributed by atoms with Crippen LogP contribution in [0.4, 0.5) is 5.13 Å². The van der Waals surface area contributed by atoms with Crippen LogP contribution in [0, 0.1) is 6.92 Å². The van der Waals surface area contributed by atoms with E-state index in [-0.39, 0.29) is 5.91 Å². The van der Waals surface area contributed by atoms with E-state index in [1.54, 1.807) is 18.3 Å². The SMILES string of the molecule is Cc1nc(CSCC(=O)NCCNc2nc3ccccc3s2)no1. The van der Waals surface area contributed by atoms with E-state index in [9.17, 15) is 4.79 Å². The van der Waals surface area contributed by atoms with Crippen molar-refractivity contribution in [3.8, 4) is 0 Å². The molecule has 9 heteroatoms. The summed E-state index contributed by atoms with van der Waals surface area (Å²) in [5.74, 6) is 2.08. The van der Waals surface area contributed by atoms with Crippen LogP contribution in [0.5, 0.6) is 0 Å². The molecule has 126 valence electrons. The largest absolute Gasteiger partial charge is 0.360 e. The maximum Gasteiger partial charge on any atom is 0.230 e. The third kappa shape index (κ3) is 4.68. The molecule has 0 unspecified atom stereocenters. The molecule has 0 saturated carbocycles. The maximum atomic E-state index is 11.8. The molecule has 24 heavy (non-hydrogen) atoms. The summed E-state index contributed by atoms with van der Waals surface area (Å²) < 4.78 is 6.03. The van der Waals surface area contributed by atoms with Crippen molar-refractivity contribution in [3.05, 3.63) is 36.0 Å². The summed E-state index contributed by atoms with van der Waals surface area (Å²) >= 11 is 3.07. The number of hydrogen-bond acceptors (Lipinski definition) is 8. The summed E-state index contributed by atoms with van der Waals surface area (Å²) in [7, 11) is 0. The number of carbonyl (C=O) groups excluding carboxylic acids is 1. The molecule has 0 atom stereocenters. The fourth-order valence-electron chi connectivity index (χ4n) is 2.01. The zero-order valence-corrected chi connectivity index (χ0v) is 14.7. The fraction of sp³-hybridized carbons (Fsp3) is 0.333. The second kappa shape index (κ2) is 8.11. The molecule has 0 aliphatic heterocycles. The molecule has 1 amide bonds. The maximum absolute atomic E-state index is 11.8. The number of rotatable bonds is 8. The van der Waals surface area contributed by atoms with Crippen LogP contribution in [0.3, 0.4) is 0 Å². The number of nitrogens with one attached hydrogen (secondary N) is 2.